The topological polar surface area (TPSA) is 26.3 Å². The molecule has 0 aliphatic carbocycles. The molecule has 0 spiro atoms. The van der Waals surface area contributed by atoms with Crippen LogP contribution in [0, 0.1) is 0 Å². The normalized spacial score (nSPS) is 11.7. The van der Waals surface area contributed by atoms with Crippen LogP contribution in [0.5, 0.6) is 5.75 Å². The van der Waals surface area contributed by atoms with Gasteiger partial charge in [0.15, 0.2) is 0 Å². The highest BCUT2D eigenvalue weighted by Gasteiger charge is 2.11. The van der Waals surface area contributed by atoms with Gasteiger partial charge in [-0.3, -0.25) is 0 Å². The van der Waals surface area contributed by atoms with Crippen LogP contribution in [0.3, 0.4) is 0 Å². The molecule has 114 valence electrons. The summed E-state index contributed by atoms with van der Waals surface area (Å²) in [5.74, 6) is 1.05. The molecule has 0 amide bonds. The number of hydrogen-bond acceptors (Lipinski definition) is 2. The maximum atomic E-state index is 11.0. The molecular weight excluding hydrogens is 272 g/mol. The smallest absolute Gasteiger partial charge is 0.130 e. The molecular formula is C20H22O2. The molecule has 0 bridgehead atoms. The number of hydrogen-bond donors (Lipinski definition) is 0. The summed E-state index contributed by atoms with van der Waals surface area (Å²) < 4.78 is 6.08. The van der Waals surface area contributed by atoms with Crippen molar-refractivity contribution >= 4 is 5.78 Å². The van der Waals surface area contributed by atoms with Gasteiger partial charge in [0.2, 0.25) is 0 Å². The summed E-state index contributed by atoms with van der Waals surface area (Å²) in [5.41, 5.74) is 2.30. The molecule has 22 heavy (non-hydrogen) atoms. The molecule has 0 radical (unpaired) electrons. The standard InChI is InChI=1S/C20H22O2/c1-3-7-20(18-8-5-4-6-9-18)22-19-14-12-17(13-15-19)11-10-16(2)21/h3-6,8-9,12-15,20H,1,7,10-11H2,2H3. The van der Waals surface area contributed by atoms with Crippen molar-refractivity contribution in [3.63, 3.8) is 0 Å². The summed E-state index contributed by atoms with van der Waals surface area (Å²) in [7, 11) is 0. The second kappa shape index (κ2) is 8.18. The average molecular weight is 294 g/mol. The number of ether oxygens (including phenoxy) is 1. The lowest BCUT2D eigenvalue weighted by Gasteiger charge is -2.18. The number of rotatable bonds is 8. The van der Waals surface area contributed by atoms with E-state index in [1.807, 2.05) is 48.5 Å². The van der Waals surface area contributed by atoms with Gasteiger partial charge >= 0.3 is 0 Å². The molecule has 0 saturated carbocycles. The quantitative estimate of drug-likeness (QED) is 0.647. The van der Waals surface area contributed by atoms with Gasteiger partial charge in [0, 0.05) is 12.8 Å². The van der Waals surface area contributed by atoms with Gasteiger partial charge in [0.05, 0.1) is 0 Å². The minimum absolute atomic E-state index is 0.0261. The van der Waals surface area contributed by atoms with E-state index in [2.05, 4.69) is 18.7 Å². The predicted molar refractivity (Wildman–Crippen MR) is 90.1 cm³/mol. The van der Waals surface area contributed by atoms with E-state index in [0.717, 1.165) is 29.7 Å². The third kappa shape index (κ3) is 4.88. The van der Waals surface area contributed by atoms with Gasteiger partial charge in [-0.2, -0.15) is 0 Å². The highest BCUT2D eigenvalue weighted by atomic mass is 16.5. The first-order chi connectivity index (χ1) is 10.7. The molecule has 0 fully saturated rings. The predicted octanol–water partition coefficient (Wildman–Crippen LogP) is 4.90. The summed E-state index contributed by atoms with van der Waals surface area (Å²) in [6.07, 6.45) is 3.98. The molecule has 1 atom stereocenters. The van der Waals surface area contributed by atoms with Crippen LogP contribution in [0.25, 0.3) is 0 Å². The minimum Gasteiger partial charge on any atom is -0.485 e. The first kappa shape index (κ1) is 16.0. The van der Waals surface area contributed by atoms with E-state index in [4.69, 9.17) is 4.74 Å². The summed E-state index contributed by atoms with van der Waals surface area (Å²) in [6.45, 7) is 5.43. The number of aryl methyl sites for hydroxylation is 1. The van der Waals surface area contributed by atoms with Crippen LogP contribution in [0.1, 0.15) is 37.0 Å². The summed E-state index contributed by atoms with van der Waals surface area (Å²) in [5, 5.41) is 0. The Hall–Kier alpha value is -2.35. The first-order valence-corrected chi connectivity index (χ1v) is 7.60. The van der Waals surface area contributed by atoms with E-state index in [0.29, 0.717) is 6.42 Å². The molecule has 1 unspecified atom stereocenters. The zero-order valence-corrected chi connectivity index (χ0v) is 13.0. The van der Waals surface area contributed by atoms with E-state index in [-0.39, 0.29) is 11.9 Å². The zero-order valence-electron chi connectivity index (χ0n) is 13.0. The fourth-order valence-electron chi connectivity index (χ4n) is 2.29. The fraction of sp³-hybridized carbons (Fsp3) is 0.250. The van der Waals surface area contributed by atoms with Crippen LogP contribution >= 0.6 is 0 Å². The van der Waals surface area contributed by atoms with E-state index in [1.54, 1.807) is 6.92 Å². The lowest BCUT2D eigenvalue weighted by Crippen LogP contribution is -2.06. The van der Waals surface area contributed by atoms with E-state index in [1.165, 1.54) is 0 Å². The molecule has 2 aromatic rings. The van der Waals surface area contributed by atoms with E-state index in [9.17, 15) is 4.79 Å². The SMILES string of the molecule is C=CCC(Oc1ccc(CCC(C)=O)cc1)c1ccccc1. The summed E-state index contributed by atoms with van der Waals surface area (Å²) in [6, 6.07) is 18.1. The maximum Gasteiger partial charge on any atom is 0.130 e. The van der Waals surface area contributed by atoms with Crippen molar-refractivity contribution in [1.82, 2.24) is 0 Å². The van der Waals surface area contributed by atoms with Crippen molar-refractivity contribution in [3.05, 3.63) is 78.4 Å². The highest BCUT2D eigenvalue weighted by molar-refractivity contribution is 5.75. The van der Waals surface area contributed by atoms with Crippen molar-refractivity contribution in [1.29, 1.82) is 0 Å². The number of carbonyl (C=O) groups is 1. The first-order valence-electron chi connectivity index (χ1n) is 7.60. The molecule has 0 aliphatic rings. The van der Waals surface area contributed by atoms with E-state index >= 15 is 0 Å². The molecule has 0 N–H and O–H groups in total. The molecule has 2 nitrogen and oxygen atoms in total. The van der Waals surface area contributed by atoms with Gasteiger partial charge in [-0.25, -0.2) is 0 Å². The molecule has 0 saturated heterocycles. The fourth-order valence-corrected chi connectivity index (χ4v) is 2.29. The van der Waals surface area contributed by atoms with Gasteiger partial charge in [-0.05, 0) is 36.6 Å². The van der Waals surface area contributed by atoms with Crippen molar-refractivity contribution in [3.8, 4) is 5.75 Å². The lowest BCUT2D eigenvalue weighted by atomic mass is 10.1. The number of Topliss-reactive ketones (excluding diaryl/α,β-unsaturated/α-hetero) is 1. The second-order valence-corrected chi connectivity index (χ2v) is 5.39. The molecule has 2 aromatic carbocycles. The lowest BCUT2D eigenvalue weighted by molar-refractivity contribution is -0.116. The summed E-state index contributed by atoms with van der Waals surface area (Å²) >= 11 is 0. The Morgan fingerprint density at radius 1 is 1.14 bits per heavy atom. The Morgan fingerprint density at radius 2 is 1.82 bits per heavy atom. The Morgan fingerprint density at radius 3 is 2.41 bits per heavy atom. The Labute approximate surface area is 132 Å². The zero-order chi connectivity index (χ0) is 15.8. The molecule has 0 heterocycles. The van der Waals surface area contributed by atoms with Crippen molar-refractivity contribution in [2.24, 2.45) is 0 Å². The number of ketones is 1. The number of carbonyl (C=O) groups excluding carboxylic acids is 1. The monoisotopic (exact) mass is 294 g/mol. The van der Waals surface area contributed by atoms with Crippen LogP contribution in [0.2, 0.25) is 0 Å². The molecule has 2 rings (SSSR count). The van der Waals surface area contributed by atoms with Crippen LogP contribution in [-0.4, -0.2) is 5.78 Å². The van der Waals surface area contributed by atoms with Gasteiger partial charge < -0.3 is 9.53 Å². The largest absolute Gasteiger partial charge is 0.485 e. The van der Waals surface area contributed by atoms with Gasteiger partial charge in [-0.15, -0.1) is 6.58 Å². The maximum absolute atomic E-state index is 11.0. The van der Waals surface area contributed by atoms with Crippen LogP contribution < -0.4 is 4.74 Å². The minimum atomic E-state index is -0.0261. The van der Waals surface area contributed by atoms with Crippen LogP contribution in [0.4, 0.5) is 0 Å². The highest BCUT2D eigenvalue weighted by Crippen LogP contribution is 2.25. The third-order valence-electron chi connectivity index (χ3n) is 3.52. The van der Waals surface area contributed by atoms with E-state index < -0.39 is 0 Å². The van der Waals surface area contributed by atoms with Gasteiger partial charge in [0.25, 0.3) is 0 Å². The van der Waals surface area contributed by atoms with Crippen LogP contribution in [-0.2, 0) is 11.2 Å². The number of benzene rings is 2. The van der Waals surface area contributed by atoms with Crippen molar-refractivity contribution in [2.75, 3.05) is 0 Å². The Balaban J connectivity index is 2.04. The third-order valence-corrected chi connectivity index (χ3v) is 3.52. The second-order valence-electron chi connectivity index (χ2n) is 5.39. The Bertz CT molecular complexity index is 599. The Kier molecular flexibility index (Phi) is 5.96. The van der Waals surface area contributed by atoms with Crippen LogP contribution in [0.15, 0.2) is 67.3 Å². The van der Waals surface area contributed by atoms with Gasteiger partial charge in [0.1, 0.15) is 17.6 Å². The molecule has 2 heteroatoms. The molecule has 0 aromatic heterocycles. The van der Waals surface area contributed by atoms with Crippen molar-refractivity contribution < 1.29 is 9.53 Å². The average Bonchev–Trinajstić information content (AvgIpc) is 2.54. The summed E-state index contributed by atoms with van der Waals surface area (Å²) in [4.78, 5) is 11.0. The van der Waals surface area contributed by atoms with Gasteiger partial charge in [-0.1, -0.05) is 48.5 Å². The molecule has 0 aliphatic heterocycles. The van der Waals surface area contributed by atoms with Crippen molar-refractivity contribution in [2.45, 2.75) is 32.3 Å².